The summed E-state index contributed by atoms with van der Waals surface area (Å²) in [4.78, 5) is 2.32. The minimum atomic E-state index is 0.274. The molecule has 0 bridgehead atoms. The standard InChI is InChI=1S/C15H21N3O/c1-17-6-7-19-14(10-17)11-18-5-4-13-3-2-12(9-16)8-15(13)18/h2-5,8,14H,6-7,9-11,16H2,1H3. The number of ether oxygens (including phenoxy) is 1. The Morgan fingerprint density at radius 2 is 2.26 bits per heavy atom. The van der Waals surface area contributed by atoms with E-state index in [0.29, 0.717) is 6.54 Å². The van der Waals surface area contributed by atoms with Gasteiger partial charge in [0.05, 0.1) is 19.3 Å². The third-order valence-electron chi connectivity index (χ3n) is 3.82. The van der Waals surface area contributed by atoms with Gasteiger partial charge >= 0.3 is 0 Å². The average molecular weight is 259 g/mol. The van der Waals surface area contributed by atoms with Crippen LogP contribution in [0.15, 0.2) is 30.5 Å². The number of rotatable bonds is 3. The lowest BCUT2D eigenvalue weighted by Gasteiger charge is -2.30. The predicted octanol–water partition coefficient (Wildman–Crippen LogP) is 1.43. The van der Waals surface area contributed by atoms with Crippen molar-refractivity contribution < 1.29 is 4.74 Å². The monoisotopic (exact) mass is 259 g/mol. The molecule has 0 saturated carbocycles. The van der Waals surface area contributed by atoms with E-state index >= 15 is 0 Å². The van der Waals surface area contributed by atoms with Gasteiger partial charge in [-0.2, -0.15) is 0 Å². The minimum Gasteiger partial charge on any atom is -0.374 e. The predicted molar refractivity (Wildman–Crippen MR) is 77.1 cm³/mol. The van der Waals surface area contributed by atoms with Crippen LogP contribution in [0.3, 0.4) is 0 Å². The van der Waals surface area contributed by atoms with E-state index in [1.807, 2.05) is 0 Å². The van der Waals surface area contributed by atoms with Crippen LogP contribution in [0.5, 0.6) is 0 Å². The van der Waals surface area contributed by atoms with Crippen molar-refractivity contribution in [3.8, 4) is 0 Å². The molecule has 19 heavy (non-hydrogen) atoms. The molecule has 1 atom stereocenters. The summed E-state index contributed by atoms with van der Waals surface area (Å²) in [6.07, 6.45) is 2.42. The molecule has 1 aromatic heterocycles. The number of fused-ring (bicyclic) bond motifs is 1. The molecule has 1 aliphatic heterocycles. The topological polar surface area (TPSA) is 43.4 Å². The molecule has 4 heteroatoms. The maximum Gasteiger partial charge on any atom is 0.0881 e. The molecule has 4 nitrogen and oxygen atoms in total. The second kappa shape index (κ2) is 5.33. The molecule has 2 N–H and O–H groups in total. The molecule has 2 aromatic rings. The molecule has 1 aromatic carbocycles. The number of aromatic nitrogens is 1. The molecule has 0 radical (unpaired) electrons. The van der Waals surface area contributed by atoms with E-state index in [9.17, 15) is 0 Å². The van der Waals surface area contributed by atoms with Crippen LogP contribution in [0.1, 0.15) is 5.56 Å². The maximum absolute atomic E-state index is 5.84. The van der Waals surface area contributed by atoms with Crippen LogP contribution >= 0.6 is 0 Å². The van der Waals surface area contributed by atoms with Gasteiger partial charge in [-0.05, 0) is 30.1 Å². The highest BCUT2D eigenvalue weighted by Gasteiger charge is 2.18. The van der Waals surface area contributed by atoms with Crippen LogP contribution in [0.25, 0.3) is 10.9 Å². The number of nitrogens with zero attached hydrogens (tertiary/aromatic N) is 2. The van der Waals surface area contributed by atoms with Crippen LogP contribution < -0.4 is 5.73 Å². The largest absolute Gasteiger partial charge is 0.374 e. The van der Waals surface area contributed by atoms with E-state index in [1.54, 1.807) is 0 Å². The summed E-state index contributed by atoms with van der Waals surface area (Å²) in [5.74, 6) is 0. The first-order valence-electron chi connectivity index (χ1n) is 6.84. The van der Waals surface area contributed by atoms with E-state index in [4.69, 9.17) is 10.5 Å². The van der Waals surface area contributed by atoms with Crippen LogP contribution in [-0.4, -0.2) is 42.3 Å². The highest BCUT2D eigenvalue weighted by Crippen LogP contribution is 2.19. The third-order valence-corrected chi connectivity index (χ3v) is 3.82. The van der Waals surface area contributed by atoms with E-state index < -0.39 is 0 Å². The smallest absolute Gasteiger partial charge is 0.0881 e. The van der Waals surface area contributed by atoms with Gasteiger partial charge in [0.15, 0.2) is 0 Å². The maximum atomic E-state index is 5.84. The first kappa shape index (κ1) is 12.7. The second-order valence-electron chi connectivity index (χ2n) is 5.32. The van der Waals surface area contributed by atoms with Gasteiger partial charge in [0.2, 0.25) is 0 Å². The molecule has 1 saturated heterocycles. The molecular weight excluding hydrogens is 238 g/mol. The molecule has 1 aliphatic rings. The molecule has 2 heterocycles. The Bertz CT molecular complexity index is 564. The quantitative estimate of drug-likeness (QED) is 0.907. The van der Waals surface area contributed by atoms with Crippen molar-refractivity contribution in [2.45, 2.75) is 19.2 Å². The number of hydrogen-bond acceptors (Lipinski definition) is 3. The minimum absolute atomic E-state index is 0.274. The lowest BCUT2D eigenvalue weighted by atomic mass is 10.1. The average Bonchev–Trinajstić information content (AvgIpc) is 2.81. The van der Waals surface area contributed by atoms with Gasteiger partial charge in [0, 0.05) is 31.3 Å². The normalized spacial score (nSPS) is 21.1. The molecule has 102 valence electrons. The summed E-state index contributed by atoms with van der Waals surface area (Å²) in [7, 11) is 2.15. The van der Waals surface area contributed by atoms with E-state index in [0.717, 1.165) is 26.2 Å². The van der Waals surface area contributed by atoms with Crippen molar-refractivity contribution in [1.29, 1.82) is 0 Å². The molecular formula is C15H21N3O. The van der Waals surface area contributed by atoms with Crippen molar-refractivity contribution in [2.24, 2.45) is 5.73 Å². The van der Waals surface area contributed by atoms with Gasteiger partial charge in [-0.15, -0.1) is 0 Å². The van der Waals surface area contributed by atoms with E-state index in [-0.39, 0.29) is 6.10 Å². The molecule has 1 unspecified atom stereocenters. The van der Waals surface area contributed by atoms with Gasteiger partial charge in [0.25, 0.3) is 0 Å². The molecule has 1 fully saturated rings. The highest BCUT2D eigenvalue weighted by molar-refractivity contribution is 5.80. The Kier molecular flexibility index (Phi) is 3.55. The number of hydrogen-bond donors (Lipinski definition) is 1. The Hall–Kier alpha value is -1.36. The fourth-order valence-electron chi connectivity index (χ4n) is 2.71. The van der Waals surface area contributed by atoms with Crippen molar-refractivity contribution in [2.75, 3.05) is 26.7 Å². The zero-order valence-electron chi connectivity index (χ0n) is 11.4. The Balaban J connectivity index is 1.83. The van der Waals surface area contributed by atoms with Crippen LogP contribution in [0, 0.1) is 0 Å². The number of morpholine rings is 1. The van der Waals surface area contributed by atoms with E-state index in [2.05, 4.69) is 47.0 Å². The summed E-state index contributed by atoms with van der Waals surface area (Å²) in [5.41, 5.74) is 8.15. The first-order valence-corrected chi connectivity index (χ1v) is 6.84. The number of benzene rings is 1. The summed E-state index contributed by atoms with van der Waals surface area (Å²) in [6, 6.07) is 8.57. The van der Waals surface area contributed by atoms with Gasteiger partial charge in [0.1, 0.15) is 0 Å². The van der Waals surface area contributed by atoms with E-state index in [1.165, 1.54) is 16.5 Å². The molecule has 3 rings (SSSR count). The highest BCUT2D eigenvalue weighted by atomic mass is 16.5. The Morgan fingerprint density at radius 1 is 1.37 bits per heavy atom. The Labute approximate surface area is 113 Å². The SMILES string of the molecule is CN1CCOC(Cn2ccc3ccc(CN)cc32)C1. The second-order valence-corrected chi connectivity index (χ2v) is 5.32. The van der Waals surface area contributed by atoms with Crippen molar-refractivity contribution in [3.05, 3.63) is 36.0 Å². The zero-order chi connectivity index (χ0) is 13.2. The number of nitrogens with two attached hydrogens (primary N) is 1. The van der Waals surface area contributed by atoms with Gasteiger partial charge in [-0.25, -0.2) is 0 Å². The molecule has 0 amide bonds. The van der Waals surface area contributed by atoms with Crippen molar-refractivity contribution in [3.63, 3.8) is 0 Å². The van der Waals surface area contributed by atoms with Crippen LogP contribution in [-0.2, 0) is 17.8 Å². The fourth-order valence-corrected chi connectivity index (χ4v) is 2.71. The number of likely N-dealkylation sites (N-methyl/N-ethyl adjacent to an activating group) is 1. The zero-order valence-corrected chi connectivity index (χ0v) is 11.4. The lowest BCUT2D eigenvalue weighted by molar-refractivity contribution is -0.0269. The summed E-state index contributed by atoms with van der Waals surface area (Å²) in [6.45, 7) is 4.34. The van der Waals surface area contributed by atoms with Gasteiger partial charge in [-0.3, -0.25) is 0 Å². The third kappa shape index (κ3) is 2.66. The van der Waals surface area contributed by atoms with Crippen molar-refractivity contribution in [1.82, 2.24) is 9.47 Å². The summed E-state index contributed by atoms with van der Waals surface area (Å²) < 4.78 is 8.12. The molecule has 0 aliphatic carbocycles. The fraction of sp³-hybridized carbons (Fsp3) is 0.467. The van der Waals surface area contributed by atoms with Crippen molar-refractivity contribution >= 4 is 10.9 Å². The Morgan fingerprint density at radius 3 is 3.05 bits per heavy atom. The molecule has 0 spiro atoms. The van der Waals surface area contributed by atoms with Gasteiger partial charge in [-0.1, -0.05) is 12.1 Å². The first-order chi connectivity index (χ1) is 9.26. The lowest BCUT2D eigenvalue weighted by Crippen LogP contribution is -2.41. The summed E-state index contributed by atoms with van der Waals surface area (Å²) in [5, 5.41) is 1.27. The summed E-state index contributed by atoms with van der Waals surface area (Å²) >= 11 is 0. The van der Waals surface area contributed by atoms with Crippen LogP contribution in [0.2, 0.25) is 0 Å². The van der Waals surface area contributed by atoms with Crippen LogP contribution in [0.4, 0.5) is 0 Å². The van der Waals surface area contributed by atoms with Gasteiger partial charge < -0.3 is 19.9 Å².